The molecule has 19 heavy (non-hydrogen) atoms. The second-order valence-electron chi connectivity index (χ2n) is 5.45. The Morgan fingerprint density at radius 3 is 2.68 bits per heavy atom. The maximum atomic E-state index is 12.5. The van der Waals surface area contributed by atoms with Crippen LogP contribution in [0, 0.1) is 13.8 Å². The number of amides is 1. The number of benzene rings is 1. The minimum Gasteiger partial charge on any atom is -0.324 e. The summed E-state index contributed by atoms with van der Waals surface area (Å²) in [6.07, 6.45) is 3.22. The fraction of sp³-hybridized carbons (Fsp3) is 0.562. The van der Waals surface area contributed by atoms with Crippen LogP contribution in [0.25, 0.3) is 0 Å². The van der Waals surface area contributed by atoms with Crippen LogP contribution in [0.1, 0.15) is 37.3 Å². The predicted molar refractivity (Wildman–Crippen MR) is 79.4 cm³/mol. The Balaban J connectivity index is 2.08. The van der Waals surface area contributed by atoms with Crippen molar-refractivity contribution < 1.29 is 4.79 Å². The van der Waals surface area contributed by atoms with Gasteiger partial charge >= 0.3 is 0 Å². The lowest BCUT2D eigenvalue weighted by molar-refractivity contribution is -0.120. The standard InChI is InChI=1S/C16H24N2O/c1-4-10-18-11-6-9-14(18)16(19)17-15-12(2)7-5-8-13(15)3/h5,7-8,14H,4,6,9-11H2,1-3H3,(H,17,19). The normalized spacial score (nSPS) is 19.6. The minimum atomic E-state index is 0.0546. The number of aryl methyl sites for hydroxylation is 2. The Kier molecular flexibility index (Phi) is 4.59. The first kappa shape index (κ1) is 14.1. The van der Waals surface area contributed by atoms with E-state index in [9.17, 15) is 4.79 Å². The van der Waals surface area contributed by atoms with E-state index in [4.69, 9.17) is 0 Å². The second kappa shape index (κ2) is 6.20. The van der Waals surface area contributed by atoms with Gasteiger partial charge in [-0.15, -0.1) is 0 Å². The van der Waals surface area contributed by atoms with Gasteiger partial charge in [-0.05, 0) is 57.3 Å². The number of likely N-dealkylation sites (tertiary alicyclic amines) is 1. The van der Waals surface area contributed by atoms with E-state index < -0.39 is 0 Å². The minimum absolute atomic E-state index is 0.0546. The molecule has 1 aliphatic rings. The number of carbonyl (C=O) groups excluding carboxylic acids is 1. The van der Waals surface area contributed by atoms with E-state index >= 15 is 0 Å². The SMILES string of the molecule is CCCN1CCCC1C(=O)Nc1c(C)cccc1C. The monoisotopic (exact) mass is 260 g/mol. The van der Waals surface area contributed by atoms with Gasteiger partial charge < -0.3 is 5.32 Å². The molecule has 0 aromatic heterocycles. The average molecular weight is 260 g/mol. The fourth-order valence-corrected chi connectivity index (χ4v) is 2.90. The third-order valence-electron chi connectivity index (χ3n) is 3.91. The zero-order valence-electron chi connectivity index (χ0n) is 12.2. The van der Waals surface area contributed by atoms with Crippen LogP contribution in [0.5, 0.6) is 0 Å². The third-order valence-corrected chi connectivity index (χ3v) is 3.91. The van der Waals surface area contributed by atoms with Crippen LogP contribution < -0.4 is 5.32 Å². The van der Waals surface area contributed by atoms with Crippen molar-refractivity contribution in [1.82, 2.24) is 4.90 Å². The molecule has 3 nitrogen and oxygen atoms in total. The van der Waals surface area contributed by atoms with Gasteiger partial charge in [-0.25, -0.2) is 0 Å². The molecule has 0 bridgehead atoms. The molecule has 0 saturated carbocycles. The lowest BCUT2D eigenvalue weighted by Gasteiger charge is -2.23. The number of hydrogen-bond donors (Lipinski definition) is 1. The molecule has 0 aliphatic carbocycles. The molecule has 1 heterocycles. The van der Waals surface area contributed by atoms with Crippen molar-refractivity contribution in [2.24, 2.45) is 0 Å². The van der Waals surface area contributed by atoms with Crippen molar-refractivity contribution >= 4 is 11.6 Å². The van der Waals surface area contributed by atoms with E-state index in [2.05, 4.69) is 17.1 Å². The van der Waals surface area contributed by atoms with Crippen LogP contribution in [-0.4, -0.2) is 29.9 Å². The van der Waals surface area contributed by atoms with Crippen LogP contribution in [0.2, 0.25) is 0 Å². The molecule has 0 spiro atoms. The Morgan fingerprint density at radius 1 is 1.37 bits per heavy atom. The Morgan fingerprint density at radius 2 is 2.05 bits per heavy atom. The number of para-hydroxylation sites is 1. The number of rotatable bonds is 4. The predicted octanol–water partition coefficient (Wildman–Crippen LogP) is 3.12. The highest BCUT2D eigenvalue weighted by Crippen LogP contribution is 2.23. The number of hydrogen-bond acceptors (Lipinski definition) is 2. The lowest BCUT2D eigenvalue weighted by atomic mass is 10.1. The summed E-state index contributed by atoms with van der Waals surface area (Å²) in [5.74, 6) is 0.156. The number of anilines is 1. The maximum Gasteiger partial charge on any atom is 0.241 e. The molecule has 104 valence electrons. The Hall–Kier alpha value is -1.35. The molecule has 1 unspecified atom stereocenters. The molecule has 1 fully saturated rings. The molecule has 1 N–H and O–H groups in total. The topological polar surface area (TPSA) is 32.3 Å². The van der Waals surface area contributed by atoms with Gasteiger partial charge in [-0.1, -0.05) is 25.1 Å². The van der Waals surface area contributed by atoms with Crippen LogP contribution in [-0.2, 0) is 4.79 Å². The molecule has 1 saturated heterocycles. The highest BCUT2D eigenvalue weighted by Gasteiger charge is 2.30. The Bertz CT molecular complexity index is 436. The van der Waals surface area contributed by atoms with Crippen molar-refractivity contribution in [1.29, 1.82) is 0 Å². The first-order valence-corrected chi connectivity index (χ1v) is 7.24. The van der Waals surface area contributed by atoms with Gasteiger partial charge in [0, 0.05) is 5.69 Å². The van der Waals surface area contributed by atoms with E-state index in [1.165, 1.54) is 0 Å². The smallest absolute Gasteiger partial charge is 0.241 e. The van der Waals surface area contributed by atoms with Crippen LogP contribution in [0.3, 0.4) is 0 Å². The quantitative estimate of drug-likeness (QED) is 0.902. The molecule has 2 rings (SSSR count). The van der Waals surface area contributed by atoms with E-state index in [0.717, 1.165) is 49.2 Å². The summed E-state index contributed by atoms with van der Waals surface area (Å²) in [5, 5.41) is 3.13. The van der Waals surface area contributed by atoms with Crippen molar-refractivity contribution in [3.63, 3.8) is 0 Å². The highest BCUT2D eigenvalue weighted by molar-refractivity contribution is 5.96. The van der Waals surface area contributed by atoms with Crippen molar-refractivity contribution in [2.75, 3.05) is 18.4 Å². The molecular formula is C16H24N2O. The molecular weight excluding hydrogens is 236 g/mol. The summed E-state index contributed by atoms with van der Waals surface area (Å²) >= 11 is 0. The van der Waals surface area contributed by atoms with E-state index in [1.807, 2.05) is 32.0 Å². The fourth-order valence-electron chi connectivity index (χ4n) is 2.90. The van der Waals surface area contributed by atoms with Crippen LogP contribution >= 0.6 is 0 Å². The van der Waals surface area contributed by atoms with Gasteiger partial charge in [0.2, 0.25) is 5.91 Å². The molecule has 1 aromatic carbocycles. The van der Waals surface area contributed by atoms with Crippen LogP contribution in [0.4, 0.5) is 5.69 Å². The average Bonchev–Trinajstić information content (AvgIpc) is 2.83. The summed E-state index contributed by atoms with van der Waals surface area (Å²) in [5.41, 5.74) is 3.25. The van der Waals surface area contributed by atoms with E-state index in [0.29, 0.717) is 0 Å². The van der Waals surface area contributed by atoms with Crippen molar-refractivity contribution in [3.05, 3.63) is 29.3 Å². The molecule has 0 radical (unpaired) electrons. The van der Waals surface area contributed by atoms with E-state index in [-0.39, 0.29) is 11.9 Å². The number of carbonyl (C=O) groups is 1. The number of nitrogens with zero attached hydrogens (tertiary/aromatic N) is 1. The van der Waals surface area contributed by atoms with Gasteiger partial charge in [0.25, 0.3) is 0 Å². The first-order valence-electron chi connectivity index (χ1n) is 7.24. The zero-order valence-corrected chi connectivity index (χ0v) is 12.2. The summed E-state index contributed by atoms with van der Waals surface area (Å²) in [6.45, 7) is 8.32. The summed E-state index contributed by atoms with van der Waals surface area (Å²) in [7, 11) is 0. The van der Waals surface area contributed by atoms with Gasteiger partial charge in [-0.3, -0.25) is 9.69 Å². The molecule has 1 aromatic rings. The maximum absolute atomic E-state index is 12.5. The molecule has 3 heteroatoms. The zero-order chi connectivity index (χ0) is 13.8. The lowest BCUT2D eigenvalue weighted by Crippen LogP contribution is -2.40. The largest absolute Gasteiger partial charge is 0.324 e. The van der Waals surface area contributed by atoms with Crippen molar-refractivity contribution in [3.8, 4) is 0 Å². The van der Waals surface area contributed by atoms with Gasteiger partial charge in [0.15, 0.2) is 0 Å². The molecule has 1 amide bonds. The summed E-state index contributed by atoms with van der Waals surface area (Å²) in [6, 6.07) is 6.17. The molecule has 1 aliphatic heterocycles. The third kappa shape index (κ3) is 3.16. The number of nitrogens with one attached hydrogen (secondary N) is 1. The van der Waals surface area contributed by atoms with Crippen molar-refractivity contribution in [2.45, 2.75) is 46.1 Å². The van der Waals surface area contributed by atoms with Gasteiger partial charge in [0.05, 0.1) is 6.04 Å². The second-order valence-corrected chi connectivity index (χ2v) is 5.45. The summed E-state index contributed by atoms with van der Waals surface area (Å²) < 4.78 is 0. The first-order chi connectivity index (χ1) is 9.13. The Labute approximate surface area is 116 Å². The van der Waals surface area contributed by atoms with E-state index in [1.54, 1.807) is 0 Å². The highest BCUT2D eigenvalue weighted by atomic mass is 16.2. The van der Waals surface area contributed by atoms with Gasteiger partial charge in [0.1, 0.15) is 0 Å². The molecule has 1 atom stereocenters. The van der Waals surface area contributed by atoms with Crippen LogP contribution in [0.15, 0.2) is 18.2 Å². The summed E-state index contributed by atoms with van der Waals surface area (Å²) in [4.78, 5) is 14.8. The van der Waals surface area contributed by atoms with Gasteiger partial charge in [-0.2, -0.15) is 0 Å².